The maximum atomic E-state index is 12.3. The van der Waals surface area contributed by atoms with E-state index in [4.69, 9.17) is 4.74 Å². The molecule has 1 aliphatic heterocycles. The third-order valence-electron chi connectivity index (χ3n) is 6.66. The molecule has 0 radical (unpaired) electrons. The number of nitrogens with one attached hydrogen (secondary N) is 3. The highest BCUT2D eigenvalue weighted by Crippen LogP contribution is 2.38. The first-order valence-corrected chi connectivity index (χ1v) is 12.4. The first-order valence-electron chi connectivity index (χ1n) is 12.4. The predicted molar refractivity (Wildman–Crippen MR) is 153 cm³/mol. The Morgan fingerprint density at radius 2 is 1.84 bits per heavy atom. The molecule has 196 valence electrons. The van der Waals surface area contributed by atoms with Crippen LogP contribution in [0.15, 0.2) is 67.5 Å². The molecule has 1 fully saturated rings. The Morgan fingerprint density at radius 3 is 2.61 bits per heavy atom. The summed E-state index contributed by atoms with van der Waals surface area (Å²) in [5.41, 5.74) is 4.27. The predicted octanol–water partition coefficient (Wildman–Crippen LogP) is 4.34. The lowest BCUT2D eigenvalue weighted by molar-refractivity contribution is -0.111. The number of carbonyl (C=O) groups is 1. The lowest BCUT2D eigenvalue weighted by Gasteiger charge is -2.35. The maximum Gasteiger partial charge on any atom is 0.247 e. The number of anilines is 6. The molecule has 4 aromatic rings. The number of rotatable bonds is 8. The number of hydrogen-bond donors (Lipinski definition) is 3. The second-order valence-corrected chi connectivity index (χ2v) is 9.27. The highest BCUT2D eigenvalue weighted by Gasteiger charge is 2.21. The summed E-state index contributed by atoms with van der Waals surface area (Å²) in [6, 6.07) is 13.8. The van der Waals surface area contributed by atoms with Crippen LogP contribution in [-0.4, -0.2) is 65.7 Å². The van der Waals surface area contributed by atoms with E-state index in [1.165, 1.54) is 6.08 Å². The summed E-state index contributed by atoms with van der Waals surface area (Å²) in [5.74, 6) is 1.37. The Morgan fingerprint density at radius 1 is 1.03 bits per heavy atom. The third-order valence-corrected chi connectivity index (χ3v) is 6.66. The van der Waals surface area contributed by atoms with Crippen molar-refractivity contribution in [3.05, 3.63) is 67.5 Å². The van der Waals surface area contributed by atoms with Gasteiger partial charge in [0.1, 0.15) is 11.6 Å². The number of hydrogen-bond acceptors (Lipinski definition) is 8. The zero-order valence-corrected chi connectivity index (χ0v) is 21.9. The number of fused-ring (bicyclic) bond motifs is 1. The normalized spacial score (nSPS) is 13.8. The number of methoxy groups -OCH3 is 1. The number of benzene rings is 2. The molecule has 2 aromatic heterocycles. The van der Waals surface area contributed by atoms with E-state index in [2.05, 4.69) is 72.1 Å². The summed E-state index contributed by atoms with van der Waals surface area (Å²) in [6.45, 7) is 7.14. The van der Waals surface area contributed by atoms with Crippen molar-refractivity contribution in [1.82, 2.24) is 19.4 Å². The van der Waals surface area contributed by atoms with E-state index in [-0.39, 0.29) is 5.91 Å². The molecular formula is C28H32N8O2. The van der Waals surface area contributed by atoms with Gasteiger partial charge in [0, 0.05) is 68.3 Å². The van der Waals surface area contributed by atoms with Gasteiger partial charge in [-0.1, -0.05) is 6.58 Å². The molecule has 5 rings (SSSR count). The van der Waals surface area contributed by atoms with Crippen molar-refractivity contribution in [3.63, 3.8) is 0 Å². The van der Waals surface area contributed by atoms with Crippen molar-refractivity contribution in [2.24, 2.45) is 7.05 Å². The summed E-state index contributed by atoms with van der Waals surface area (Å²) < 4.78 is 7.80. The molecule has 0 atom stereocenters. The molecule has 1 aliphatic rings. The molecule has 0 aliphatic carbocycles. The molecule has 0 bridgehead atoms. The van der Waals surface area contributed by atoms with Crippen molar-refractivity contribution in [1.29, 1.82) is 0 Å². The van der Waals surface area contributed by atoms with Gasteiger partial charge in [-0.3, -0.25) is 4.79 Å². The number of piperazine rings is 1. The average molecular weight is 513 g/mol. The van der Waals surface area contributed by atoms with Crippen LogP contribution in [0.2, 0.25) is 0 Å². The van der Waals surface area contributed by atoms with Gasteiger partial charge in [0.05, 0.1) is 24.2 Å². The molecule has 0 saturated carbocycles. The van der Waals surface area contributed by atoms with Gasteiger partial charge >= 0.3 is 0 Å². The topological polar surface area (TPSA) is 99.6 Å². The van der Waals surface area contributed by atoms with Crippen molar-refractivity contribution in [2.45, 2.75) is 0 Å². The zero-order valence-electron chi connectivity index (χ0n) is 21.9. The van der Waals surface area contributed by atoms with Crippen molar-refractivity contribution < 1.29 is 9.53 Å². The van der Waals surface area contributed by atoms with Crippen molar-refractivity contribution in [3.8, 4) is 5.75 Å². The molecule has 3 heterocycles. The zero-order chi connectivity index (χ0) is 26.6. The third kappa shape index (κ3) is 5.40. The summed E-state index contributed by atoms with van der Waals surface area (Å²) >= 11 is 0. The maximum absolute atomic E-state index is 12.3. The molecule has 10 nitrogen and oxygen atoms in total. The van der Waals surface area contributed by atoms with Crippen LogP contribution in [0.5, 0.6) is 5.75 Å². The Bertz CT molecular complexity index is 1470. The van der Waals surface area contributed by atoms with Crippen LogP contribution in [0, 0.1) is 0 Å². The first kappa shape index (κ1) is 25.1. The fourth-order valence-corrected chi connectivity index (χ4v) is 4.54. The van der Waals surface area contributed by atoms with Gasteiger partial charge in [-0.25, -0.2) is 4.98 Å². The van der Waals surface area contributed by atoms with Gasteiger partial charge < -0.3 is 35.1 Å². The molecule has 2 aromatic carbocycles. The van der Waals surface area contributed by atoms with E-state index in [1.807, 2.05) is 37.5 Å². The van der Waals surface area contributed by atoms with Gasteiger partial charge in [0.15, 0.2) is 0 Å². The summed E-state index contributed by atoms with van der Waals surface area (Å²) in [5, 5.41) is 10.7. The number of aromatic nitrogens is 3. The van der Waals surface area contributed by atoms with Gasteiger partial charge in [-0.15, -0.1) is 0 Å². The molecule has 0 unspecified atom stereocenters. The molecule has 10 heteroatoms. The van der Waals surface area contributed by atoms with E-state index in [9.17, 15) is 4.79 Å². The monoisotopic (exact) mass is 512 g/mol. The summed E-state index contributed by atoms with van der Waals surface area (Å²) in [4.78, 5) is 25.8. The Hall–Kier alpha value is -4.57. The molecule has 1 saturated heterocycles. The van der Waals surface area contributed by atoms with E-state index < -0.39 is 0 Å². The van der Waals surface area contributed by atoms with Crippen LogP contribution < -0.4 is 25.6 Å². The van der Waals surface area contributed by atoms with Crippen LogP contribution in [0.25, 0.3) is 10.9 Å². The fraction of sp³-hybridized carbons (Fsp3) is 0.250. The second kappa shape index (κ2) is 10.8. The van der Waals surface area contributed by atoms with Crippen LogP contribution >= 0.6 is 0 Å². The molecule has 38 heavy (non-hydrogen) atoms. The molecule has 3 N–H and O–H groups in total. The van der Waals surface area contributed by atoms with Gasteiger partial charge in [-0.05, 0) is 49.5 Å². The van der Waals surface area contributed by atoms with E-state index in [0.29, 0.717) is 28.9 Å². The summed E-state index contributed by atoms with van der Waals surface area (Å²) in [6.07, 6.45) is 4.98. The lowest BCUT2D eigenvalue weighted by atomic mass is 10.1. The average Bonchev–Trinajstić information content (AvgIpc) is 3.29. The van der Waals surface area contributed by atoms with Crippen LogP contribution in [0.1, 0.15) is 0 Å². The highest BCUT2D eigenvalue weighted by molar-refractivity contribution is 6.02. The first-order chi connectivity index (χ1) is 18.4. The minimum atomic E-state index is -0.283. The smallest absolute Gasteiger partial charge is 0.247 e. The van der Waals surface area contributed by atoms with E-state index in [1.54, 1.807) is 13.3 Å². The standard InChI is InChI=1S/C28H32N8O2/c1-5-27(37)31-21-17-22(25(38-4)18-24(21)36-14-12-34(2)13-15-36)32-28-29-10-8-26(33-28)30-20-6-7-23-19(16-20)9-11-35(23)3/h5-11,16-18H,1,12-15H2,2-4H3,(H,31,37)(H2,29,30,32,33). The largest absolute Gasteiger partial charge is 0.494 e. The minimum Gasteiger partial charge on any atom is -0.494 e. The van der Waals surface area contributed by atoms with Crippen molar-refractivity contribution >= 4 is 51.3 Å². The van der Waals surface area contributed by atoms with Gasteiger partial charge in [0.25, 0.3) is 0 Å². The highest BCUT2D eigenvalue weighted by atomic mass is 16.5. The van der Waals surface area contributed by atoms with Crippen LogP contribution in [0.4, 0.5) is 34.5 Å². The quantitative estimate of drug-likeness (QED) is 0.300. The molecular weight excluding hydrogens is 480 g/mol. The Kier molecular flexibility index (Phi) is 7.14. The fourth-order valence-electron chi connectivity index (χ4n) is 4.54. The number of nitrogens with zero attached hydrogens (tertiary/aromatic N) is 5. The number of carbonyl (C=O) groups excluding carboxylic acids is 1. The summed E-state index contributed by atoms with van der Waals surface area (Å²) in [7, 11) is 5.75. The molecule has 0 spiro atoms. The minimum absolute atomic E-state index is 0.283. The lowest BCUT2D eigenvalue weighted by Crippen LogP contribution is -2.44. The number of likely N-dealkylation sites (N-methyl/N-ethyl adjacent to an activating group) is 1. The van der Waals surface area contributed by atoms with E-state index in [0.717, 1.165) is 48.5 Å². The number of amides is 1. The second-order valence-electron chi connectivity index (χ2n) is 9.27. The number of aryl methyl sites for hydroxylation is 1. The Balaban J connectivity index is 1.42. The van der Waals surface area contributed by atoms with Gasteiger partial charge in [-0.2, -0.15) is 4.98 Å². The van der Waals surface area contributed by atoms with Crippen molar-refractivity contribution in [2.75, 3.05) is 61.2 Å². The molecule has 1 amide bonds. The number of ether oxygens (including phenoxy) is 1. The van der Waals surface area contributed by atoms with E-state index >= 15 is 0 Å². The SMILES string of the molecule is C=CC(=O)Nc1cc(Nc2nccc(Nc3ccc4c(ccn4C)c3)n2)c(OC)cc1N1CCN(C)CC1. The van der Waals surface area contributed by atoms with Gasteiger partial charge in [0.2, 0.25) is 11.9 Å². The van der Waals surface area contributed by atoms with Crippen LogP contribution in [-0.2, 0) is 11.8 Å². The van der Waals surface area contributed by atoms with Crippen LogP contribution in [0.3, 0.4) is 0 Å². The Labute approximate surface area is 221 Å².